The molecule has 0 aliphatic heterocycles. The molecule has 0 fully saturated rings. The molecule has 0 bridgehead atoms. The summed E-state index contributed by atoms with van der Waals surface area (Å²) in [6, 6.07) is 16.7. The fraction of sp³-hybridized carbons (Fsp3) is 0.143. The Morgan fingerprint density at radius 3 is 2.31 bits per heavy atom. The van der Waals surface area contributed by atoms with E-state index in [2.05, 4.69) is 6.07 Å². The van der Waals surface area contributed by atoms with Crippen molar-refractivity contribution in [1.29, 1.82) is 0 Å². The Balaban J connectivity index is 2.42. The van der Waals surface area contributed by atoms with E-state index in [0.29, 0.717) is 0 Å². The predicted molar refractivity (Wildman–Crippen MR) is 63.8 cm³/mol. The molecule has 0 saturated heterocycles. The molecule has 0 aliphatic rings. The Bertz CT molecular complexity index is 460. The number of para-hydroxylation sites is 1. The van der Waals surface area contributed by atoms with E-state index in [1.54, 1.807) is 14.2 Å². The third-order valence-corrected chi connectivity index (χ3v) is 2.42. The van der Waals surface area contributed by atoms with Gasteiger partial charge in [0.05, 0.1) is 14.2 Å². The van der Waals surface area contributed by atoms with Gasteiger partial charge in [0, 0.05) is 11.6 Å². The highest BCUT2D eigenvalue weighted by atomic mass is 16.5. The van der Waals surface area contributed by atoms with Crippen LogP contribution in [0, 0.1) is 6.07 Å². The van der Waals surface area contributed by atoms with Crippen LogP contribution in [0.2, 0.25) is 0 Å². The molecule has 0 unspecified atom stereocenters. The van der Waals surface area contributed by atoms with E-state index in [4.69, 9.17) is 9.47 Å². The third kappa shape index (κ3) is 2.01. The van der Waals surface area contributed by atoms with E-state index in [9.17, 15) is 0 Å². The number of hydrogen-bond donors (Lipinski definition) is 0. The molecule has 0 amide bonds. The van der Waals surface area contributed by atoms with Crippen molar-refractivity contribution in [3.05, 3.63) is 48.5 Å². The van der Waals surface area contributed by atoms with Crippen LogP contribution >= 0.6 is 0 Å². The van der Waals surface area contributed by atoms with Gasteiger partial charge < -0.3 is 9.47 Å². The predicted octanol–water partition coefficient (Wildman–Crippen LogP) is 3.17. The van der Waals surface area contributed by atoms with Gasteiger partial charge in [0.2, 0.25) is 0 Å². The van der Waals surface area contributed by atoms with Gasteiger partial charge in [-0.15, -0.1) is 0 Å². The molecule has 0 N–H and O–H groups in total. The van der Waals surface area contributed by atoms with Gasteiger partial charge in [0.15, 0.2) is 0 Å². The lowest BCUT2D eigenvalue weighted by molar-refractivity contribution is 0.414. The molecule has 1 radical (unpaired) electrons. The summed E-state index contributed by atoms with van der Waals surface area (Å²) in [4.78, 5) is 0. The molecule has 16 heavy (non-hydrogen) atoms. The lowest BCUT2D eigenvalue weighted by Gasteiger charge is -2.08. The smallest absolute Gasteiger partial charge is 0.134 e. The molecule has 2 nitrogen and oxygen atoms in total. The summed E-state index contributed by atoms with van der Waals surface area (Å²) < 4.78 is 10.4. The molecule has 0 atom stereocenters. The highest BCUT2D eigenvalue weighted by molar-refractivity contribution is 5.70. The lowest BCUT2D eigenvalue weighted by Crippen LogP contribution is -1.88. The average molecular weight is 213 g/mol. The Kier molecular flexibility index (Phi) is 3.10. The summed E-state index contributed by atoms with van der Waals surface area (Å²) >= 11 is 0. The van der Waals surface area contributed by atoms with Gasteiger partial charge in [0.25, 0.3) is 0 Å². The van der Waals surface area contributed by atoms with Crippen LogP contribution < -0.4 is 9.47 Å². The number of methoxy groups -OCH3 is 2. The molecule has 0 heterocycles. The highest BCUT2D eigenvalue weighted by Crippen LogP contribution is 2.29. The number of rotatable bonds is 3. The minimum absolute atomic E-state index is 0.757. The van der Waals surface area contributed by atoms with Gasteiger partial charge >= 0.3 is 0 Å². The Hall–Kier alpha value is -1.96. The van der Waals surface area contributed by atoms with Crippen molar-refractivity contribution in [2.45, 2.75) is 0 Å². The van der Waals surface area contributed by atoms with Gasteiger partial charge in [0.1, 0.15) is 11.5 Å². The van der Waals surface area contributed by atoms with Gasteiger partial charge in [-0.2, -0.15) is 0 Å². The molecule has 0 aromatic heterocycles. The van der Waals surface area contributed by atoms with E-state index in [1.807, 2.05) is 42.5 Å². The maximum absolute atomic E-state index is 5.27. The first-order valence-corrected chi connectivity index (χ1v) is 5.04. The van der Waals surface area contributed by atoms with E-state index in [1.165, 1.54) is 0 Å². The molecule has 2 rings (SSSR count). The van der Waals surface area contributed by atoms with Crippen LogP contribution in [0.3, 0.4) is 0 Å². The topological polar surface area (TPSA) is 18.5 Å². The van der Waals surface area contributed by atoms with Crippen molar-refractivity contribution in [1.82, 2.24) is 0 Å². The van der Waals surface area contributed by atoms with Gasteiger partial charge in [-0.3, -0.25) is 0 Å². The first-order chi connectivity index (χ1) is 7.85. The summed E-state index contributed by atoms with van der Waals surface area (Å²) in [6.07, 6.45) is 0. The minimum Gasteiger partial charge on any atom is -0.497 e. The first kappa shape index (κ1) is 10.6. The zero-order valence-electron chi connectivity index (χ0n) is 9.36. The second-order valence-electron chi connectivity index (χ2n) is 3.35. The molecule has 0 aliphatic carbocycles. The second-order valence-corrected chi connectivity index (χ2v) is 3.35. The van der Waals surface area contributed by atoms with Crippen molar-refractivity contribution < 1.29 is 9.47 Å². The summed E-state index contributed by atoms with van der Waals surface area (Å²) in [6.45, 7) is 0. The summed E-state index contributed by atoms with van der Waals surface area (Å²) in [5, 5.41) is 0. The van der Waals surface area contributed by atoms with Crippen LogP contribution in [0.5, 0.6) is 11.5 Å². The molecule has 2 aromatic rings. The van der Waals surface area contributed by atoms with Crippen LogP contribution in [0.4, 0.5) is 0 Å². The maximum atomic E-state index is 5.27. The number of hydrogen-bond acceptors (Lipinski definition) is 2. The molecular formula is C14H13O2. The fourth-order valence-corrected chi connectivity index (χ4v) is 1.59. The molecule has 0 spiro atoms. The van der Waals surface area contributed by atoms with E-state index in [-0.39, 0.29) is 0 Å². The molecule has 0 saturated carbocycles. The third-order valence-electron chi connectivity index (χ3n) is 2.42. The zero-order chi connectivity index (χ0) is 11.4. The molecular weight excluding hydrogens is 200 g/mol. The number of ether oxygens (including phenoxy) is 2. The zero-order valence-corrected chi connectivity index (χ0v) is 9.36. The summed E-state index contributed by atoms with van der Waals surface area (Å²) in [5.41, 5.74) is 2.13. The van der Waals surface area contributed by atoms with Crippen LogP contribution in [0.15, 0.2) is 42.5 Å². The van der Waals surface area contributed by atoms with Gasteiger partial charge in [-0.1, -0.05) is 30.3 Å². The van der Waals surface area contributed by atoms with Gasteiger partial charge in [-0.25, -0.2) is 0 Å². The summed E-state index contributed by atoms with van der Waals surface area (Å²) in [7, 11) is 3.31. The monoisotopic (exact) mass is 213 g/mol. The largest absolute Gasteiger partial charge is 0.497 e. The van der Waals surface area contributed by atoms with E-state index >= 15 is 0 Å². The molecule has 2 aromatic carbocycles. The summed E-state index contributed by atoms with van der Waals surface area (Å²) in [5.74, 6) is 1.61. The quantitative estimate of drug-likeness (QED) is 0.779. The second kappa shape index (κ2) is 4.71. The van der Waals surface area contributed by atoms with Crippen LogP contribution in [0.25, 0.3) is 11.1 Å². The van der Waals surface area contributed by atoms with Gasteiger partial charge in [-0.05, 0) is 17.7 Å². The molecule has 81 valence electrons. The van der Waals surface area contributed by atoms with Crippen LogP contribution in [0.1, 0.15) is 0 Å². The van der Waals surface area contributed by atoms with Crippen molar-refractivity contribution in [3.63, 3.8) is 0 Å². The Morgan fingerprint density at radius 2 is 1.69 bits per heavy atom. The Labute approximate surface area is 95.4 Å². The Morgan fingerprint density at radius 1 is 0.938 bits per heavy atom. The lowest BCUT2D eigenvalue weighted by atomic mass is 10.0. The standard InChI is InChI=1S/C14H13O2/c1-15-12-9-7-11(8-10-12)13-5-3-4-6-14(13)16-2/h3-5,7-10H,1-2H3. The SMILES string of the molecule is COc1ccc(-c2ccc[c]c2OC)cc1. The van der Waals surface area contributed by atoms with Crippen LogP contribution in [-0.2, 0) is 0 Å². The highest BCUT2D eigenvalue weighted by Gasteiger charge is 2.04. The van der Waals surface area contributed by atoms with Crippen molar-refractivity contribution >= 4 is 0 Å². The van der Waals surface area contributed by atoms with Crippen molar-refractivity contribution in [2.24, 2.45) is 0 Å². The van der Waals surface area contributed by atoms with Crippen molar-refractivity contribution in [2.75, 3.05) is 14.2 Å². The van der Waals surface area contributed by atoms with E-state index < -0.39 is 0 Å². The van der Waals surface area contributed by atoms with Crippen molar-refractivity contribution in [3.8, 4) is 22.6 Å². The maximum Gasteiger partial charge on any atom is 0.134 e. The minimum atomic E-state index is 0.757. The van der Waals surface area contributed by atoms with Crippen LogP contribution in [-0.4, -0.2) is 14.2 Å². The average Bonchev–Trinajstić information content (AvgIpc) is 2.39. The fourth-order valence-electron chi connectivity index (χ4n) is 1.59. The first-order valence-electron chi connectivity index (χ1n) is 5.04. The molecule has 2 heteroatoms. The normalized spacial score (nSPS) is 9.88. The van der Waals surface area contributed by atoms with E-state index in [0.717, 1.165) is 22.6 Å². The number of benzene rings is 2.